The summed E-state index contributed by atoms with van der Waals surface area (Å²) >= 11 is 0. The van der Waals surface area contributed by atoms with E-state index < -0.39 is 11.8 Å². The van der Waals surface area contributed by atoms with E-state index in [9.17, 15) is 14.4 Å². The molecular weight excluding hydrogens is 270 g/mol. The van der Waals surface area contributed by atoms with Crippen LogP contribution in [0.2, 0.25) is 0 Å². The fourth-order valence-electron chi connectivity index (χ4n) is 3.68. The van der Waals surface area contributed by atoms with Crippen molar-refractivity contribution in [2.45, 2.75) is 46.5 Å². The van der Waals surface area contributed by atoms with Gasteiger partial charge in [0.15, 0.2) is 0 Å². The highest BCUT2D eigenvalue weighted by Gasteiger charge is 2.33. The minimum Gasteiger partial charge on any atom is -0.368 e. The third-order valence-electron chi connectivity index (χ3n) is 3.99. The Morgan fingerprint density at radius 1 is 1.10 bits per heavy atom. The molecule has 6 nitrogen and oxygen atoms in total. The lowest BCUT2D eigenvalue weighted by Gasteiger charge is -2.39. The molecule has 1 aliphatic rings. The molecule has 6 heteroatoms. The van der Waals surface area contributed by atoms with Gasteiger partial charge in [-0.15, -0.1) is 0 Å². The van der Waals surface area contributed by atoms with E-state index in [0.29, 0.717) is 12.3 Å². The average molecular weight is 297 g/mol. The number of rotatable bonds is 6. The van der Waals surface area contributed by atoms with Crippen LogP contribution in [0.4, 0.5) is 0 Å². The third-order valence-corrected chi connectivity index (χ3v) is 3.99. The Balaban J connectivity index is 2.67. The van der Waals surface area contributed by atoms with Crippen molar-refractivity contribution < 1.29 is 14.4 Å². The molecule has 0 bridgehead atoms. The van der Waals surface area contributed by atoms with Gasteiger partial charge < -0.3 is 16.4 Å². The SMILES string of the molecule is CC1CC(CC(=O)N(CC(N)=O)CC(N)=O)CC(C)(C)C1. The van der Waals surface area contributed by atoms with E-state index in [-0.39, 0.29) is 30.3 Å². The number of carbonyl (C=O) groups excluding carboxylic acids is 3. The van der Waals surface area contributed by atoms with E-state index in [2.05, 4.69) is 20.8 Å². The van der Waals surface area contributed by atoms with E-state index in [1.54, 1.807) is 0 Å². The average Bonchev–Trinajstić information content (AvgIpc) is 2.23. The highest BCUT2D eigenvalue weighted by Crippen LogP contribution is 2.42. The molecule has 2 atom stereocenters. The zero-order valence-electron chi connectivity index (χ0n) is 13.2. The second-order valence-electron chi connectivity index (χ2n) is 7.17. The summed E-state index contributed by atoms with van der Waals surface area (Å²) in [6, 6.07) is 0. The fourth-order valence-corrected chi connectivity index (χ4v) is 3.68. The molecule has 0 aliphatic heterocycles. The van der Waals surface area contributed by atoms with Gasteiger partial charge in [0.05, 0.1) is 13.1 Å². The normalized spacial score (nSPS) is 24.3. The topological polar surface area (TPSA) is 106 Å². The van der Waals surface area contributed by atoms with Crippen LogP contribution in [0.5, 0.6) is 0 Å². The van der Waals surface area contributed by atoms with Gasteiger partial charge >= 0.3 is 0 Å². The van der Waals surface area contributed by atoms with Gasteiger partial charge in [0.25, 0.3) is 0 Å². The molecule has 0 saturated heterocycles. The van der Waals surface area contributed by atoms with Gasteiger partial charge in [0.2, 0.25) is 17.7 Å². The highest BCUT2D eigenvalue weighted by molar-refractivity contribution is 5.88. The van der Waals surface area contributed by atoms with Gasteiger partial charge in [-0.3, -0.25) is 14.4 Å². The number of nitrogens with zero attached hydrogens (tertiary/aromatic N) is 1. The zero-order chi connectivity index (χ0) is 16.2. The summed E-state index contributed by atoms with van der Waals surface area (Å²) in [5, 5.41) is 0. The van der Waals surface area contributed by atoms with Crippen LogP contribution in [-0.2, 0) is 14.4 Å². The monoisotopic (exact) mass is 297 g/mol. The number of carbonyl (C=O) groups is 3. The second kappa shape index (κ2) is 6.91. The van der Waals surface area contributed by atoms with Crippen LogP contribution in [0.15, 0.2) is 0 Å². The lowest BCUT2D eigenvalue weighted by Crippen LogP contribution is -2.44. The number of hydrogen-bond donors (Lipinski definition) is 2. The van der Waals surface area contributed by atoms with Crippen molar-refractivity contribution in [2.24, 2.45) is 28.7 Å². The van der Waals surface area contributed by atoms with Gasteiger partial charge in [-0.05, 0) is 36.5 Å². The maximum Gasteiger partial charge on any atom is 0.237 e. The lowest BCUT2D eigenvalue weighted by atomic mass is 9.67. The predicted octanol–water partition coefficient (Wildman–Crippen LogP) is 0.638. The molecule has 0 aromatic heterocycles. The van der Waals surface area contributed by atoms with Gasteiger partial charge in [0.1, 0.15) is 0 Å². The number of amides is 3. The molecule has 1 saturated carbocycles. The van der Waals surface area contributed by atoms with Gasteiger partial charge in [0, 0.05) is 6.42 Å². The fraction of sp³-hybridized carbons (Fsp3) is 0.800. The summed E-state index contributed by atoms with van der Waals surface area (Å²) < 4.78 is 0. The highest BCUT2D eigenvalue weighted by atomic mass is 16.2. The molecule has 4 N–H and O–H groups in total. The Bertz CT molecular complexity index is 404. The molecule has 0 radical (unpaired) electrons. The zero-order valence-corrected chi connectivity index (χ0v) is 13.2. The molecule has 120 valence electrons. The van der Waals surface area contributed by atoms with E-state index in [1.165, 1.54) is 0 Å². The number of nitrogens with two attached hydrogens (primary N) is 2. The summed E-state index contributed by atoms with van der Waals surface area (Å²) in [5.41, 5.74) is 10.5. The maximum absolute atomic E-state index is 12.3. The Morgan fingerprint density at radius 2 is 1.62 bits per heavy atom. The molecule has 0 aromatic rings. The van der Waals surface area contributed by atoms with Gasteiger partial charge in [-0.1, -0.05) is 20.8 Å². The van der Waals surface area contributed by atoms with E-state index in [1.807, 2.05) is 0 Å². The third kappa shape index (κ3) is 6.14. The number of primary amides is 2. The summed E-state index contributed by atoms with van der Waals surface area (Å²) in [4.78, 5) is 35.5. The van der Waals surface area contributed by atoms with Crippen LogP contribution in [-0.4, -0.2) is 35.7 Å². The molecule has 1 aliphatic carbocycles. The van der Waals surface area contributed by atoms with Crippen molar-refractivity contribution in [2.75, 3.05) is 13.1 Å². The van der Waals surface area contributed by atoms with Crippen molar-refractivity contribution >= 4 is 17.7 Å². The molecule has 0 heterocycles. The van der Waals surface area contributed by atoms with Crippen molar-refractivity contribution in [3.05, 3.63) is 0 Å². The molecule has 1 fully saturated rings. The van der Waals surface area contributed by atoms with Crippen molar-refractivity contribution in [3.8, 4) is 0 Å². The molecular formula is C15H27N3O3. The molecule has 2 unspecified atom stereocenters. The van der Waals surface area contributed by atoms with Crippen molar-refractivity contribution in [1.29, 1.82) is 0 Å². The summed E-state index contributed by atoms with van der Waals surface area (Å²) in [6.45, 7) is 6.11. The Hall–Kier alpha value is -1.59. The summed E-state index contributed by atoms with van der Waals surface area (Å²) in [6.07, 6.45) is 3.47. The summed E-state index contributed by atoms with van der Waals surface area (Å²) in [7, 11) is 0. The molecule has 0 spiro atoms. The van der Waals surface area contributed by atoms with Crippen LogP contribution in [0.3, 0.4) is 0 Å². The minimum atomic E-state index is -0.637. The smallest absolute Gasteiger partial charge is 0.237 e. The lowest BCUT2D eigenvalue weighted by molar-refractivity contribution is -0.139. The van der Waals surface area contributed by atoms with Gasteiger partial charge in [-0.2, -0.15) is 0 Å². The largest absolute Gasteiger partial charge is 0.368 e. The van der Waals surface area contributed by atoms with Crippen LogP contribution >= 0.6 is 0 Å². The Kier molecular flexibility index (Phi) is 5.75. The molecule has 0 aromatic carbocycles. The number of hydrogen-bond acceptors (Lipinski definition) is 3. The van der Waals surface area contributed by atoms with Crippen LogP contribution < -0.4 is 11.5 Å². The maximum atomic E-state index is 12.3. The van der Waals surface area contributed by atoms with Crippen LogP contribution in [0.1, 0.15) is 46.5 Å². The standard InChI is InChI=1S/C15H27N3O3/c1-10-4-11(7-15(2,3)6-10)5-14(21)18(8-12(16)19)9-13(17)20/h10-11H,4-9H2,1-3H3,(H2,16,19)(H2,17,20). The summed E-state index contributed by atoms with van der Waals surface area (Å²) in [5.74, 6) is -0.641. The van der Waals surface area contributed by atoms with Crippen molar-refractivity contribution in [1.82, 2.24) is 4.90 Å². The Labute approximate surface area is 126 Å². The van der Waals surface area contributed by atoms with Crippen LogP contribution in [0, 0.1) is 17.3 Å². The van der Waals surface area contributed by atoms with E-state index in [0.717, 1.165) is 24.2 Å². The molecule has 21 heavy (non-hydrogen) atoms. The second-order valence-corrected chi connectivity index (χ2v) is 7.17. The molecule has 1 rings (SSSR count). The first-order chi connectivity index (χ1) is 9.59. The Morgan fingerprint density at radius 3 is 2.05 bits per heavy atom. The first-order valence-electron chi connectivity index (χ1n) is 7.43. The van der Waals surface area contributed by atoms with E-state index >= 15 is 0 Å². The predicted molar refractivity (Wildman–Crippen MR) is 79.9 cm³/mol. The quantitative estimate of drug-likeness (QED) is 0.751. The first kappa shape index (κ1) is 17.5. The van der Waals surface area contributed by atoms with Crippen molar-refractivity contribution in [3.63, 3.8) is 0 Å². The first-order valence-corrected chi connectivity index (χ1v) is 7.43. The minimum absolute atomic E-state index is 0.220. The van der Waals surface area contributed by atoms with Crippen LogP contribution in [0.25, 0.3) is 0 Å². The van der Waals surface area contributed by atoms with E-state index in [4.69, 9.17) is 11.5 Å². The van der Waals surface area contributed by atoms with Gasteiger partial charge in [-0.25, -0.2) is 0 Å². The molecule has 3 amide bonds.